The summed E-state index contributed by atoms with van der Waals surface area (Å²) < 4.78 is 38.7. The molecule has 1 aliphatic heterocycles. The lowest BCUT2D eigenvalue weighted by Crippen LogP contribution is -2.60. The first-order valence-corrected chi connectivity index (χ1v) is 7.15. The Balaban J connectivity index is 2.68. The van der Waals surface area contributed by atoms with Crippen LogP contribution in [0.4, 0.5) is 18.9 Å². The Labute approximate surface area is 130 Å². The van der Waals surface area contributed by atoms with Crippen LogP contribution in [0, 0.1) is 6.92 Å². The highest BCUT2D eigenvalue weighted by atomic mass is 35.5. The molecule has 0 spiro atoms. The number of anilines is 1. The summed E-state index contributed by atoms with van der Waals surface area (Å²) in [6, 6.07) is 4.78. The number of carbonyl (C=O) groups excluding carboxylic acids is 1. The zero-order valence-corrected chi connectivity index (χ0v) is 13.1. The van der Waals surface area contributed by atoms with Crippen LogP contribution in [0.2, 0.25) is 0 Å². The lowest BCUT2D eigenvalue weighted by molar-refractivity contribution is -0.171. The molecule has 1 heterocycles. The molecule has 21 heavy (non-hydrogen) atoms. The van der Waals surface area contributed by atoms with Gasteiger partial charge >= 0.3 is 12.1 Å². The van der Waals surface area contributed by atoms with E-state index in [9.17, 15) is 18.0 Å². The van der Waals surface area contributed by atoms with E-state index < -0.39 is 28.4 Å². The molecule has 0 fully saturated rings. The molecule has 2 rings (SSSR count). The highest BCUT2D eigenvalue weighted by Gasteiger charge is 2.54. The van der Waals surface area contributed by atoms with Gasteiger partial charge in [0.2, 0.25) is 0 Å². The minimum Gasteiger partial charge on any atom is -0.297 e. The second-order valence-electron chi connectivity index (χ2n) is 5.66. The van der Waals surface area contributed by atoms with Gasteiger partial charge in [0.05, 0.1) is 16.3 Å². The van der Waals surface area contributed by atoms with Gasteiger partial charge in [0, 0.05) is 5.69 Å². The average Bonchev–Trinajstić information content (AvgIpc) is 2.36. The topological polar surface area (TPSA) is 20.3 Å². The third-order valence-corrected chi connectivity index (χ3v) is 5.08. The third-order valence-electron chi connectivity index (χ3n) is 3.67. The Morgan fingerprint density at radius 3 is 2.38 bits per heavy atom. The van der Waals surface area contributed by atoms with Gasteiger partial charge in [0.1, 0.15) is 0 Å². The number of alkyl halides is 5. The fraction of sp³-hybridized carbons (Fsp3) is 0.500. The van der Waals surface area contributed by atoms with Crippen LogP contribution in [0.25, 0.3) is 0 Å². The van der Waals surface area contributed by atoms with Gasteiger partial charge in [-0.25, -0.2) is 0 Å². The van der Waals surface area contributed by atoms with Crippen LogP contribution < -0.4 is 4.90 Å². The van der Waals surface area contributed by atoms with Gasteiger partial charge in [-0.2, -0.15) is 13.2 Å². The molecule has 2 atom stereocenters. The van der Waals surface area contributed by atoms with Gasteiger partial charge in [-0.1, -0.05) is 17.7 Å². The van der Waals surface area contributed by atoms with Crippen molar-refractivity contribution in [3.63, 3.8) is 0 Å². The van der Waals surface area contributed by atoms with Crippen LogP contribution in [0.1, 0.15) is 30.4 Å². The number of fused-ring (bicyclic) bond motifs is 1. The Morgan fingerprint density at radius 1 is 1.29 bits per heavy atom. The number of benzene rings is 1. The Morgan fingerprint density at radius 2 is 1.86 bits per heavy atom. The van der Waals surface area contributed by atoms with E-state index >= 15 is 0 Å². The molecule has 7 heteroatoms. The molecular weight excluding hydrogens is 326 g/mol. The number of hydrogen-bond donors (Lipinski definition) is 0. The summed E-state index contributed by atoms with van der Waals surface area (Å²) in [5.74, 6) is -1.94. The second-order valence-corrected chi connectivity index (χ2v) is 6.60. The molecule has 1 aromatic rings. The number of halogens is 5. The van der Waals surface area contributed by atoms with Crippen LogP contribution in [0.5, 0.6) is 0 Å². The van der Waals surface area contributed by atoms with Crippen LogP contribution in [0.3, 0.4) is 0 Å². The summed E-state index contributed by atoms with van der Waals surface area (Å²) in [4.78, 5) is 12.5. The van der Waals surface area contributed by atoms with Crippen molar-refractivity contribution in [2.45, 2.75) is 43.2 Å². The number of carbonyl (C=O) groups is 1. The first kappa shape index (κ1) is 16.4. The van der Waals surface area contributed by atoms with Crippen molar-refractivity contribution in [3.05, 3.63) is 29.3 Å². The number of rotatable bonds is 0. The van der Waals surface area contributed by atoms with Crippen molar-refractivity contribution in [3.8, 4) is 0 Å². The molecule has 0 saturated carbocycles. The van der Waals surface area contributed by atoms with E-state index in [0.29, 0.717) is 10.5 Å². The van der Waals surface area contributed by atoms with E-state index in [-0.39, 0.29) is 5.69 Å². The zero-order chi connectivity index (χ0) is 16.2. The molecule has 0 bridgehead atoms. The fourth-order valence-electron chi connectivity index (χ4n) is 2.55. The smallest absolute Gasteiger partial charge is 0.297 e. The average molecular weight is 340 g/mol. The molecule has 0 aliphatic carbocycles. The van der Waals surface area contributed by atoms with Crippen molar-refractivity contribution >= 4 is 34.8 Å². The van der Waals surface area contributed by atoms with E-state index in [1.807, 2.05) is 0 Å². The third kappa shape index (κ3) is 2.61. The van der Waals surface area contributed by atoms with Crippen LogP contribution in [-0.2, 0) is 4.79 Å². The van der Waals surface area contributed by atoms with E-state index in [0.717, 1.165) is 5.56 Å². The maximum Gasteiger partial charge on any atom is 0.471 e. The molecule has 0 N–H and O–H groups in total. The highest BCUT2D eigenvalue weighted by Crippen LogP contribution is 2.49. The van der Waals surface area contributed by atoms with Gasteiger partial charge in [-0.05, 0) is 32.4 Å². The molecule has 0 unspecified atom stereocenters. The van der Waals surface area contributed by atoms with E-state index in [1.165, 1.54) is 19.9 Å². The molecule has 0 radical (unpaired) electrons. The fourth-order valence-corrected chi connectivity index (χ4v) is 3.26. The van der Waals surface area contributed by atoms with E-state index in [4.69, 9.17) is 23.2 Å². The quantitative estimate of drug-likeness (QED) is 0.634. The maximum absolute atomic E-state index is 12.9. The van der Waals surface area contributed by atoms with Gasteiger partial charge in [0.25, 0.3) is 0 Å². The summed E-state index contributed by atoms with van der Waals surface area (Å²) in [7, 11) is 0. The van der Waals surface area contributed by atoms with Crippen LogP contribution in [-0.4, -0.2) is 23.0 Å². The largest absolute Gasteiger partial charge is 0.471 e. The summed E-state index contributed by atoms with van der Waals surface area (Å²) in [5.41, 5.74) is 0.170. The number of nitrogens with zero attached hydrogens (tertiary/aromatic N) is 1. The summed E-state index contributed by atoms with van der Waals surface area (Å²) in [5, 5.41) is -1.52. The van der Waals surface area contributed by atoms with Gasteiger partial charge in [-0.15, -0.1) is 23.2 Å². The zero-order valence-electron chi connectivity index (χ0n) is 11.6. The summed E-state index contributed by atoms with van der Waals surface area (Å²) in [6.07, 6.45) is -4.98. The standard InChI is InChI=1S/C14H14Cl2F3NO/c1-7-4-5-9-8(6-7)10(15)11(16)13(2,3)20(9)12(21)14(17,18)19/h4-6,10-11H,1-3H3/t10-,11-/m0/s1. The van der Waals surface area contributed by atoms with Gasteiger partial charge in [-0.3, -0.25) is 9.69 Å². The van der Waals surface area contributed by atoms with E-state index in [2.05, 4.69) is 0 Å². The van der Waals surface area contributed by atoms with Crippen LogP contribution in [0.15, 0.2) is 18.2 Å². The van der Waals surface area contributed by atoms with Crippen molar-refractivity contribution in [2.75, 3.05) is 4.90 Å². The van der Waals surface area contributed by atoms with Gasteiger partial charge < -0.3 is 0 Å². The second kappa shape index (κ2) is 5.06. The highest BCUT2D eigenvalue weighted by molar-refractivity contribution is 6.32. The lowest BCUT2D eigenvalue weighted by Gasteiger charge is -2.48. The van der Waals surface area contributed by atoms with Gasteiger partial charge in [0.15, 0.2) is 0 Å². The molecule has 116 valence electrons. The first-order valence-electron chi connectivity index (χ1n) is 6.28. The monoisotopic (exact) mass is 339 g/mol. The van der Waals surface area contributed by atoms with Crippen molar-refractivity contribution in [2.24, 2.45) is 0 Å². The molecule has 1 aromatic carbocycles. The molecule has 1 amide bonds. The minimum atomic E-state index is -4.98. The summed E-state index contributed by atoms with van der Waals surface area (Å²) in [6.45, 7) is 4.75. The van der Waals surface area contributed by atoms with Crippen molar-refractivity contribution < 1.29 is 18.0 Å². The molecule has 0 aromatic heterocycles. The Hall–Kier alpha value is -0.940. The molecule has 0 saturated heterocycles. The first-order chi connectivity index (χ1) is 9.48. The molecule has 2 nitrogen and oxygen atoms in total. The minimum absolute atomic E-state index is 0.157. The van der Waals surface area contributed by atoms with Crippen molar-refractivity contribution in [1.29, 1.82) is 0 Å². The number of hydrogen-bond acceptors (Lipinski definition) is 1. The molecular formula is C14H14Cl2F3NO. The van der Waals surface area contributed by atoms with Crippen molar-refractivity contribution in [1.82, 2.24) is 0 Å². The predicted molar refractivity (Wildman–Crippen MR) is 77.0 cm³/mol. The Bertz CT molecular complexity index is 586. The van der Waals surface area contributed by atoms with Crippen LogP contribution >= 0.6 is 23.2 Å². The Kier molecular flexibility index (Phi) is 3.96. The summed E-state index contributed by atoms with van der Waals surface area (Å²) >= 11 is 12.5. The van der Waals surface area contributed by atoms with E-state index in [1.54, 1.807) is 19.1 Å². The normalized spacial score (nSPS) is 24.7. The SMILES string of the molecule is Cc1ccc2c(c1)[C@H](Cl)[C@H](Cl)C(C)(C)N2C(=O)C(F)(F)F. The molecule has 1 aliphatic rings. The number of amides is 1. The predicted octanol–water partition coefficient (Wildman–Crippen LogP) is 4.57. The number of aryl methyl sites for hydroxylation is 1. The lowest BCUT2D eigenvalue weighted by atomic mass is 9.85. The maximum atomic E-state index is 12.9.